The van der Waals surface area contributed by atoms with E-state index in [0.717, 1.165) is 39.1 Å². The van der Waals surface area contributed by atoms with Crippen LogP contribution < -0.4 is 25.8 Å². The van der Waals surface area contributed by atoms with Crippen molar-refractivity contribution in [2.75, 3.05) is 20.3 Å². The summed E-state index contributed by atoms with van der Waals surface area (Å²) in [5.74, 6) is -0.818. The number of carbonyl (C=O) groups excluding carboxylic acids is 3. The monoisotopic (exact) mass is 789 g/mol. The Kier molecular flexibility index (Phi) is 13.0. The molecule has 5 N–H and O–H groups in total. The number of alkyl carbamates (subject to hydrolysis) is 1. The molecule has 5 rings (SSSR count). The lowest BCUT2D eigenvalue weighted by atomic mass is 9.81. The number of nitrogens with one attached hydrogen (secondary N) is 3. The van der Waals surface area contributed by atoms with Gasteiger partial charge < -0.3 is 30.6 Å². The second-order valence-electron chi connectivity index (χ2n) is 15.2. The highest BCUT2D eigenvalue weighted by molar-refractivity contribution is 7.90. The van der Waals surface area contributed by atoms with E-state index in [2.05, 4.69) is 27.3 Å². The van der Waals surface area contributed by atoms with Gasteiger partial charge in [0.25, 0.3) is 10.0 Å². The Hall–Kier alpha value is -5.11. The van der Waals surface area contributed by atoms with Crippen molar-refractivity contribution in [3.05, 3.63) is 81.9 Å². The number of carbonyl (C=O) groups is 3. The number of nitrogens with zero attached hydrogens (tertiary/aromatic N) is 1. The molecule has 3 atom stereocenters. The van der Waals surface area contributed by atoms with Crippen LogP contribution in [0.3, 0.4) is 0 Å². The van der Waals surface area contributed by atoms with E-state index in [0.29, 0.717) is 30.4 Å². The summed E-state index contributed by atoms with van der Waals surface area (Å²) in [5, 5.41) is 5.36. The average Bonchev–Trinajstić information content (AvgIpc) is 3.47. The first-order valence-corrected chi connectivity index (χ1v) is 20.6. The lowest BCUT2D eigenvalue weighted by molar-refractivity contribution is -0.145. The van der Waals surface area contributed by atoms with Gasteiger partial charge in [-0.15, -0.1) is 0 Å². The third-order valence-electron chi connectivity index (χ3n) is 11.1. The number of hydrogen-bond acceptors (Lipinski definition) is 9. The molecule has 3 aromatic carbocycles. The highest BCUT2D eigenvalue weighted by atomic mass is 32.2. The highest BCUT2D eigenvalue weighted by Crippen LogP contribution is 2.45. The molecule has 302 valence electrons. The molecule has 0 unspecified atom stereocenters. The van der Waals surface area contributed by atoms with Gasteiger partial charge in [-0.2, -0.15) is 0 Å². The summed E-state index contributed by atoms with van der Waals surface area (Å²) in [6.45, 7) is 13.5. The number of hydrogen-bond donors (Lipinski definition) is 4. The number of fused-ring (bicyclic) bond motifs is 4. The van der Waals surface area contributed by atoms with Crippen LogP contribution in [-0.2, 0) is 35.5 Å². The maximum Gasteiger partial charge on any atom is 0.407 e. The fourth-order valence-electron chi connectivity index (χ4n) is 7.58. The van der Waals surface area contributed by atoms with E-state index < -0.39 is 45.7 Å². The van der Waals surface area contributed by atoms with Gasteiger partial charge in [0.15, 0.2) is 0 Å². The van der Waals surface area contributed by atoms with Crippen molar-refractivity contribution >= 4 is 34.0 Å². The van der Waals surface area contributed by atoms with Crippen LogP contribution >= 0.6 is 0 Å². The molecule has 0 spiro atoms. The standard InChI is InChI=1S/C42H55N5O8S/c1-9-15-35(39(49)53-8)45-38(48)34(46-41(50)54-23-33-30-18-12-10-16-28(30)29-17-11-13-19-31(29)33)20-14-21-44-40(43)47-56(51,52)37-26(4)25(3)36-32(27(37)5)22-24(2)42(6,7)55-36/h10-13,16-19,24,33-35H,9,14-15,20-23H2,1-8H3,(H,45,48)(H,46,50)(H3,43,44,47)/t24-,34-,35+/m1/s1. The first-order valence-electron chi connectivity index (χ1n) is 19.1. The minimum absolute atomic E-state index is 0.0293. The molecule has 2 amide bonds. The number of nitrogens with two attached hydrogens (primary N) is 1. The Balaban J connectivity index is 1.26. The van der Waals surface area contributed by atoms with Crippen LogP contribution in [-0.4, -0.2) is 70.3 Å². The van der Waals surface area contributed by atoms with E-state index in [9.17, 15) is 22.8 Å². The zero-order valence-corrected chi connectivity index (χ0v) is 34.4. The number of guanidine groups is 1. The van der Waals surface area contributed by atoms with E-state index in [1.54, 1.807) is 13.8 Å². The average molecular weight is 790 g/mol. The van der Waals surface area contributed by atoms with Crippen molar-refractivity contribution in [3.8, 4) is 16.9 Å². The largest absolute Gasteiger partial charge is 0.487 e. The van der Waals surface area contributed by atoms with E-state index in [-0.39, 0.29) is 48.7 Å². The minimum atomic E-state index is -4.13. The molecular weight excluding hydrogens is 735 g/mol. The Morgan fingerprint density at radius 2 is 1.57 bits per heavy atom. The molecule has 1 aliphatic heterocycles. The number of esters is 1. The third-order valence-corrected chi connectivity index (χ3v) is 12.8. The van der Waals surface area contributed by atoms with Crippen LogP contribution in [0.15, 0.2) is 58.4 Å². The van der Waals surface area contributed by atoms with Crippen LogP contribution in [0.4, 0.5) is 4.79 Å². The smallest absolute Gasteiger partial charge is 0.407 e. The van der Waals surface area contributed by atoms with Gasteiger partial charge in [-0.05, 0) is 111 Å². The number of aliphatic imine (C=N–C) groups is 1. The predicted molar refractivity (Wildman–Crippen MR) is 215 cm³/mol. The molecule has 1 aliphatic carbocycles. The molecule has 0 aromatic heterocycles. The molecule has 1 heterocycles. The lowest BCUT2D eigenvalue weighted by Gasteiger charge is -2.40. The van der Waals surface area contributed by atoms with Crippen molar-refractivity contribution in [2.45, 2.75) is 109 Å². The predicted octanol–water partition coefficient (Wildman–Crippen LogP) is 5.70. The molecule has 56 heavy (non-hydrogen) atoms. The molecule has 14 heteroatoms. The number of methoxy groups -OCH3 is 1. The summed E-state index contributed by atoms with van der Waals surface area (Å²) in [6, 6.07) is 13.9. The van der Waals surface area contributed by atoms with Crippen molar-refractivity contribution in [2.24, 2.45) is 16.6 Å². The Morgan fingerprint density at radius 3 is 2.18 bits per heavy atom. The summed E-state index contributed by atoms with van der Waals surface area (Å²) >= 11 is 0. The van der Waals surface area contributed by atoms with Crippen LogP contribution in [0.25, 0.3) is 11.1 Å². The first-order chi connectivity index (χ1) is 26.5. The number of ether oxygens (including phenoxy) is 3. The van der Waals surface area contributed by atoms with Crippen molar-refractivity contribution in [1.29, 1.82) is 0 Å². The number of benzene rings is 3. The molecule has 13 nitrogen and oxygen atoms in total. The zero-order chi connectivity index (χ0) is 40.9. The van der Waals surface area contributed by atoms with E-state index >= 15 is 0 Å². The van der Waals surface area contributed by atoms with Crippen molar-refractivity contribution in [1.82, 2.24) is 15.4 Å². The van der Waals surface area contributed by atoms with E-state index in [4.69, 9.17) is 19.9 Å². The van der Waals surface area contributed by atoms with Crippen molar-refractivity contribution in [3.63, 3.8) is 0 Å². The number of rotatable bonds is 14. The normalized spacial score (nSPS) is 17.0. The Bertz CT molecular complexity index is 2070. The van der Waals surface area contributed by atoms with Crippen LogP contribution in [0.2, 0.25) is 0 Å². The Morgan fingerprint density at radius 1 is 0.946 bits per heavy atom. The summed E-state index contributed by atoms with van der Waals surface area (Å²) in [4.78, 5) is 43.6. The molecule has 0 fully saturated rings. The lowest BCUT2D eigenvalue weighted by Crippen LogP contribution is -2.52. The third kappa shape index (κ3) is 8.96. The zero-order valence-electron chi connectivity index (χ0n) is 33.6. The molecule has 0 radical (unpaired) electrons. The van der Waals surface area contributed by atoms with Crippen molar-refractivity contribution < 1.29 is 37.0 Å². The van der Waals surface area contributed by atoms with Gasteiger partial charge in [0.1, 0.15) is 30.0 Å². The van der Waals surface area contributed by atoms with Gasteiger partial charge in [-0.3, -0.25) is 9.79 Å². The highest BCUT2D eigenvalue weighted by Gasteiger charge is 2.38. The molecule has 0 bridgehead atoms. The minimum Gasteiger partial charge on any atom is -0.487 e. The Labute approximate surface area is 330 Å². The molecule has 3 aromatic rings. The van der Waals surface area contributed by atoms with Gasteiger partial charge in [-0.1, -0.05) is 68.8 Å². The van der Waals surface area contributed by atoms with Crippen LogP contribution in [0.5, 0.6) is 5.75 Å². The maximum atomic E-state index is 13.7. The number of amides is 2. The second-order valence-corrected chi connectivity index (χ2v) is 16.9. The van der Waals surface area contributed by atoms with Gasteiger partial charge in [0, 0.05) is 12.5 Å². The fourth-order valence-corrected chi connectivity index (χ4v) is 9.10. The summed E-state index contributed by atoms with van der Waals surface area (Å²) in [5.41, 5.74) is 12.8. The van der Waals surface area contributed by atoms with E-state index in [1.807, 2.05) is 76.2 Å². The topological polar surface area (TPSA) is 188 Å². The SMILES string of the molecule is CCC[C@H](NC(=O)[C@@H](CCCN=C(N)NS(=O)(=O)c1c(C)c(C)c2c(c1C)C[C@@H](C)C(C)(C)O2)NC(=O)OCC1c2ccccc2-c2ccccc21)C(=O)OC. The summed E-state index contributed by atoms with van der Waals surface area (Å²) in [6.07, 6.45) is 1.10. The first kappa shape index (κ1) is 42.0. The quantitative estimate of drug-likeness (QED) is 0.0688. The van der Waals surface area contributed by atoms with Gasteiger partial charge >= 0.3 is 12.1 Å². The van der Waals surface area contributed by atoms with Gasteiger partial charge in [0.2, 0.25) is 11.9 Å². The number of sulfonamides is 1. The summed E-state index contributed by atoms with van der Waals surface area (Å²) in [7, 11) is -2.89. The molecule has 2 aliphatic rings. The van der Waals surface area contributed by atoms with Gasteiger partial charge in [0.05, 0.1) is 12.0 Å². The van der Waals surface area contributed by atoms with Gasteiger partial charge in [-0.25, -0.2) is 22.7 Å². The van der Waals surface area contributed by atoms with E-state index in [1.165, 1.54) is 7.11 Å². The second kappa shape index (κ2) is 17.4. The molecule has 0 saturated carbocycles. The summed E-state index contributed by atoms with van der Waals surface area (Å²) < 4.78 is 46.9. The van der Waals surface area contributed by atoms with Crippen LogP contribution in [0.1, 0.15) is 92.7 Å². The molecule has 0 saturated heterocycles. The fraction of sp³-hybridized carbons (Fsp3) is 0.476. The molecular formula is C42H55N5O8S. The van der Waals surface area contributed by atoms with Crippen LogP contribution in [0, 0.1) is 26.7 Å². The maximum absolute atomic E-state index is 13.7.